The largest absolute Gasteiger partial charge is 0.372 e. The van der Waals surface area contributed by atoms with E-state index >= 15 is 0 Å². The van der Waals surface area contributed by atoms with Crippen molar-refractivity contribution in [2.24, 2.45) is 0 Å². The van der Waals surface area contributed by atoms with Crippen LogP contribution in [0.15, 0.2) is 30.5 Å². The maximum atomic E-state index is 5.87. The number of aromatic amines is 1. The molecular formula is C13H16N2O. The summed E-state index contributed by atoms with van der Waals surface area (Å²) in [6.07, 6.45) is 3.56. The van der Waals surface area contributed by atoms with Crippen molar-refractivity contribution in [1.29, 1.82) is 0 Å². The number of aromatic nitrogens is 1. The molecule has 1 aromatic heterocycles. The maximum Gasteiger partial charge on any atom is 0.0742 e. The number of H-pyrrole nitrogens is 1. The molecule has 3 rings (SSSR count). The quantitative estimate of drug-likeness (QED) is 0.824. The van der Waals surface area contributed by atoms with Gasteiger partial charge in [0.15, 0.2) is 0 Å². The van der Waals surface area contributed by atoms with Gasteiger partial charge in [0, 0.05) is 29.2 Å². The Labute approximate surface area is 94.8 Å². The van der Waals surface area contributed by atoms with Crippen LogP contribution in [0, 0.1) is 0 Å². The minimum Gasteiger partial charge on any atom is -0.372 e. The van der Waals surface area contributed by atoms with E-state index in [0.29, 0.717) is 12.7 Å². The summed E-state index contributed by atoms with van der Waals surface area (Å²) in [7, 11) is 0. The lowest BCUT2D eigenvalue weighted by Crippen LogP contribution is -2.16. The molecule has 1 atom stereocenters. The Morgan fingerprint density at radius 3 is 3.12 bits per heavy atom. The second-order valence-electron chi connectivity index (χ2n) is 4.29. The minimum absolute atomic E-state index is 0.383. The van der Waals surface area contributed by atoms with E-state index in [-0.39, 0.29) is 0 Å². The van der Waals surface area contributed by atoms with E-state index in [0.717, 1.165) is 19.5 Å². The molecule has 0 spiro atoms. The van der Waals surface area contributed by atoms with E-state index in [9.17, 15) is 0 Å². The fourth-order valence-corrected chi connectivity index (χ4v) is 2.23. The Kier molecular flexibility index (Phi) is 2.64. The fraction of sp³-hybridized carbons (Fsp3) is 0.385. The average Bonchev–Trinajstić information content (AvgIpc) is 2.96. The summed E-state index contributed by atoms with van der Waals surface area (Å²) in [5, 5.41) is 4.58. The SMILES string of the molecule is c1ccc2c(COC3CCNC3)c[nH]c2c1. The summed E-state index contributed by atoms with van der Waals surface area (Å²) < 4.78 is 5.87. The first-order valence-corrected chi connectivity index (χ1v) is 5.81. The molecule has 0 bridgehead atoms. The minimum atomic E-state index is 0.383. The summed E-state index contributed by atoms with van der Waals surface area (Å²) in [6, 6.07) is 8.34. The third kappa shape index (κ3) is 1.84. The molecule has 3 nitrogen and oxygen atoms in total. The molecule has 2 N–H and O–H groups in total. The van der Waals surface area contributed by atoms with Crippen LogP contribution in [0.4, 0.5) is 0 Å². The third-order valence-corrected chi connectivity index (χ3v) is 3.16. The van der Waals surface area contributed by atoms with Crippen molar-refractivity contribution in [3.8, 4) is 0 Å². The zero-order valence-electron chi connectivity index (χ0n) is 9.20. The zero-order chi connectivity index (χ0) is 10.8. The summed E-state index contributed by atoms with van der Waals surface area (Å²) >= 11 is 0. The Hall–Kier alpha value is -1.32. The predicted molar refractivity (Wildman–Crippen MR) is 64.4 cm³/mol. The lowest BCUT2D eigenvalue weighted by molar-refractivity contribution is 0.0549. The van der Waals surface area contributed by atoms with Gasteiger partial charge in [-0.2, -0.15) is 0 Å². The van der Waals surface area contributed by atoms with Crippen LogP contribution < -0.4 is 5.32 Å². The molecule has 1 saturated heterocycles. The number of hydrogen-bond acceptors (Lipinski definition) is 2. The van der Waals surface area contributed by atoms with E-state index in [2.05, 4.69) is 28.5 Å². The van der Waals surface area contributed by atoms with Crippen LogP contribution in [0.2, 0.25) is 0 Å². The molecule has 1 aliphatic rings. The smallest absolute Gasteiger partial charge is 0.0742 e. The van der Waals surface area contributed by atoms with Crippen LogP contribution in [-0.2, 0) is 11.3 Å². The molecule has 1 aliphatic heterocycles. The number of ether oxygens (including phenoxy) is 1. The van der Waals surface area contributed by atoms with Gasteiger partial charge in [-0.25, -0.2) is 0 Å². The highest BCUT2D eigenvalue weighted by molar-refractivity contribution is 5.82. The first-order chi connectivity index (χ1) is 7.93. The average molecular weight is 216 g/mol. The molecule has 3 heteroatoms. The molecule has 2 heterocycles. The van der Waals surface area contributed by atoms with E-state index in [1.165, 1.54) is 16.5 Å². The zero-order valence-corrected chi connectivity index (χ0v) is 9.20. The summed E-state index contributed by atoms with van der Waals surface area (Å²) in [5.41, 5.74) is 2.44. The van der Waals surface area contributed by atoms with Gasteiger partial charge >= 0.3 is 0 Å². The molecule has 16 heavy (non-hydrogen) atoms. The van der Waals surface area contributed by atoms with Crippen LogP contribution in [0.3, 0.4) is 0 Å². The molecule has 1 fully saturated rings. The number of benzene rings is 1. The van der Waals surface area contributed by atoms with E-state index in [4.69, 9.17) is 4.74 Å². The number of para-hydroxylation sites is 1. The van der Waals surface area contributed by atoms with Gasteiger partial charge in [0.25, 0.3) is 0 Å². The fourth-order valence-electron chi connectivity index (χ4n) is 2.23. The molecule has 0 saturated carbocycles. The van der Waals surface area contributed by atoms with Crippen molar-refractivity contribution in [2.45, 2.75) is 19.1 Å². The highest BCUT2D eigenvalue weighted by atomic mass is 16.5. The summed E-state index contributed by atoms with van der Waals surface area (Å²) in [4.78, 5) is 3.27. The molecule has 1 unspecified atom stereocenters. The number of hydrogen-bond donors (Lipinski definition) is 2. The third-order valence-electron chi connectivity index (χ3n) is 3.16. The van der Waals surface area contributed by atoms with Gasteiger partial charge in [-0.15, -0.1) is 0 Å². The first kappa shape index (κ1) is 9.87. The lowest BCUT2D eigenvalue weighted by atomic mass is 10.2. The highest BCUT2D eigenvalue weighted by Crippen LogP contribution is 2.19. The van der Waals surface area contributed by atoms with Crippen molar-refractivity contribution in [3.63, 3.8) is 0 Å². The number of nitrogens with one attached hydrogen (secondary N) is 2. The summed E-state index contributed by atoms with van der Waals surface area (Å²) in [5.74, 6) is 0. The first-order valence-electron chi connectivity index (χ1n) is 5.81. The van der Waals surface area contributed by atoms with Crippen molar-refractivity contribution in [1.82, 2.24) is 10.3 Å². The Morgan fingerprint density at radius 2 is 2.25 bits per heavy atom. The van der Waals surface area contributed by atoms with Crippen LogP contribution in [0.1, 0.15) is 12.0 Å². The molecule has 84 valence electrons. The van der Waals surface area contributed by atoms with E-state index in [1.807, 2.05) is 12.3 Å². The second kappa shape index (κ2) is 4.28. The lowest BCUT2D eigenvalue weighted by Gasteiger charge is -2.09. The van der Waals surface area contributed by atoms with Crippen LogP contribution >= 0.6 is 0 Å². The second-order valence-corrected chi connectivity index (χ2v) is 4.29. The highest BCUT2D eigenvalue weighted by Gasteiger charge is 2.15. The van der Waals surface area contributed by atoms with Crippen LogP contribution in [-0.4, -0.2) is 24.2 Å². The molecular weight excluding hydrogens is 200 g/mol. The Bertz CT molecular complexity index is 471. The molecule has 1 aromatic carbocycles. The molecule has 2 aromatic rings. The standard InChI is InChI=1S/C13H16N2O/c1-2-4-13-12(3-1)10(7-15-13)9-16-11-5-6-14-8-11/h1-4,7,11,14-15H,5-6,8-9H2. The van der Waals surface area contributed by atoms with Crippen molar-refractivity contribution in [3.05, 3.63) is 36.0 Å². The molecule has 0 radical (unpaired) electrons. The van der Waals surface area contributed by atoms with Gasteiger partial charge in [-0.1, -0.05) is 18.2 Å². The van der Waals surface area contributed by atoms with Crippen molar-refractivity contribution < 1.29 is 4.74 Å². The van der Waals surface area contributed by atoms with Gasteiger partial charge in [0.2, 0.25) is 0 Å². The maximum absolute atomic E-state index is 5.87. The van der Waals surface area contributed by atoms with Gasteiger partial charge in [0.05, 0.1) is 12.7 Å². The number of rotatable bonds is 3. The predicted octanol–water partition coefficient (Wildman–Crippen LogP) is 2.05. The Morgan fingerprint density at radius 1 is 1.31 bits per heavy atom. The van der Waals surface area contributed by atoms with Crippen LogP contribution in [0.25, 0.3) is 10.9 Å². The van der Waals surface area contributed by atoms with Gasteiger partial charge in [-0.05, 0) is 19.0 Å². The van der Waals surface area contributed by atoms with Gasteiger partial charge in [0.1, 0.15) is 0 Å². The molecule has 0 amide bonds. The van der Waals surface area contributed by atoms with Crippen LogP contribution in [0.5, 0.6) is 0 Å². The summed E-state index contributed by atoms with van der Waals surface area (Å²) in [6.45, 7) is 2.78. The topological polar surface area (TPSA) is 37.0 Å². The van der Waals surface area contributed by atoms with Crippen molar-refractivity contribution >= 4 is 10.9 Å². The molecule has 0 aliphatic carbocycles. The number of fused-ring (bicyclic) bond motifs is 1. The normalized spacial score (nSPS) is 20.6. The van der Waals surface area contributed by atoms with Crippen molar-refractivity contribution in [2.75, 3.05) is 13.1 Å². The van der Waals surface area contributed by atoms with Gasteiger partial charge < -0.3 is 15.0 Å². The van der Waals surface area contributed by atoms with E-state index in [1.54, 1.807) is 0 Å². The van der Waals surface area contributed by atoms with Gasteiger partial charge in [-0.3, -0.25) is 0 Å². The monoisotopic (exact) mass is 216 g/mol. The Balaban J connectivity index is 1.73. The van der Waals surface area contributed by atoms with E-state index < -0.39 is 0 Å².